The van der Waals surface area contributed by atoms with E-state index in [2.05, 4.69) is 15.6 Å². The predicted molar refractivity (Wildman–Crippen MR) is 116 cm³/mol. The number of nitrogens with one attached hydrogen (secondary N) is 2. The van der Waals surface area contributed by atoms with Gasteiger partial charge >= 0.3 is 0 Å². The van der Waals surface area contributed by atoms with Crippen LogP contribution in [0.4, 0.5) is 5.69 Å². The van der Waals surface area contributed by atoms with Gasteiger partial charge in [-0.3, -0.25) is 14.6 Å². The van der Waals surface area contributed by atoms with E-state index in [1.54, 1.807) is 49.6 Å². The average Bonchev–Trinajstić information content (AvgIpc) is 2.74. The topological polar surface area (TPSA) is 71.1 Å². The lowest BCUT2D eigenvalue weighted by Gasteiger charge is -2.23. The maximum atomic E-state index is 12.5. The number of carbonyl (C=O) groups is 2. The van der Waals surface area contributed by atoms with Gasteiger partial charge in [-0.2, -0.15) is 0 Å². The highest BCUT2D eigenvalue weighted by Gasteiger charge is 2.28. The van der Waals surface area contributed by atoms with E-state index in [0.29, 0.717) is 22.0 Å². The minimum absolute atomic E-state index is 0.0672. The molecule has 0 unspecified atom stereocenters. The first kappa shape index (κ1) is 20.6. The van der Waals surface area contributed by atoms with Gasteiger partial charge in [-0.1, -0.05) is 35.9 Å². The Kier molecular flexibility index (Phi) is 5.99. The lowest BCUT2D eigenvalue weighted by molar-refractivity contribution is -0.125. The van der Waals surface area contributed by atoms with E-state index in [1.807, 2.05) is 38.1 Å². The van der Waals surface area contributed by atoms with Crippen LogP contribution in [-0.4, -0.2) is 23.8 Å². The van der Waals surface area contributed by atoms with Gasteiger partial charge in [0.25, 0.3) is 5.91 Å². The van der Waals surface area contributed by atoms with Crippen LogP contribution in [0.3, 0.4) is 0 Å². The number of likely N-dealkylation sites (N-methyl/N-ethyl adjacent to an activating group) is 1. The highest BCUT2D eigenvalue weighted by Crippen LogP contribution is 2.26. The summed E-state index contributed by atoms with van der Waals surface area (Å²) in [6.07, 6.45) is 1.68. The molecule has 0 fully saturated rings. The molecule has 3 rings (SSSR count). The third kappa shape index (κ3) is 4.46. The lowest BCUT2D eigenvalue weighted by Crippen LogP contribution is -2.37. The molecule has 0 saturated heterocycles. The SMILES string of the molecule is CNC(=O)C(C)(C)c1ccc(NC(=O)c2ccc(-c3ncccc3Cl)cc2)cc1. The van der Waals surface area contributed by atoms with Crippen LogP contribution in [-0.2, 0) is 10.2 Å². The Morgan fingerprint density at radius 3 is 2.21 bits per heavy atom. The Morgan fingerprint density at radius 2 is 1.62 bits per heavy atom. The van der Waals surface area contributed by atoms with Gasteiger partial charge in [0.15, 0.2) is 0 Å². The first-order valence-electron chi connectivity index (χ1n) is 9.18. The molecular weight excluding hydrogens is 386 g/mol. The number of hydrogen-bond donors (Lipinski definition) is 2. The van der Waals surface area contributed by atoms with Crippen molar-refractivity contribution in [3.8, 4) is 11.3 Å². The zero-order chi connectivity index (χ0) is 21.0. The smallest absolute Gasteiger partial charge is 0.255 e. The van der Waals surface area contributed by atoms with Crippen LogP contribution in [0, 0.1) is 0 Å². The molecule has 0 radical (unpaired) electrons. The van der Waals surface area contributed by atoms with E-state index >= 15 is 0 Å². The molecule has 1 aromatic heterocycles. The number of rotatable bonds is 5. The molecule has 0 spiro atoms. The van der Waals surface area contributed by atoms with Crippen molar-refractivity contribution >= 4 is 29.1 Å². The highest BCUT2D eigenvalue weighted by molar-refractivity contribution is 6.33. The lowest BCUT2D eigenvalue weighted by atomic mass is 9.83. The molecule has 0 aliphatic rings. The molecule has 148 valence electrons. The van der Waals surface area contributed by atoms with Crippen molar-refractivity contribution in [3.63, 3.8) is 0 Å². The van der Waals surface area contributed by atoms with E-state index in [1.165, 1.54) is 0 Å². The second-order valence-corrected chi connectivity index (χ2v) is 7.55. The van der Waals surface area contributed by atoms with Crippen LogP contribution in [0.5, 0.6) is 0 Å². The third-order valence-corrected chi connectivity index (χ3v) is 5.14. The fourth-order valence-corrected chi connectivity index (χ4v) is 3.23. The summed E-state index contributed by atoms with van der Waals surface area (Å²) in [5.41, 5.74) is 2.91. The summed E-state index contributed by atoms with van der Waals surface area (Å²) >= 11 is 6.18. The Labute approximate surface area is 175 Å². The number of anilines is 1. The van der Waals surface area contributed by atoms with Crippen molar-refractivity contribution in [2.45, 2.75) is 19.3 Å². The first-order chi connectivity index (χ1) is 13.8. The molecule has 0 bridgehead atoms. The number of hydrogen-bond acceptors (Lipinski definition) is 3. The number of pyridine rings is 1. The van der Waals surface area contributed by atoms with Crippen molar-refractivity contribution in [2.24, 2.45) is 0 Å². The largest absolute Gasteiger partial charge is 0.358 e. The average molecular weight is 408 g/mol. The summed E-state index contributed by atoms with van der Waals surface area (Å²) in [7, 11) is 1.62. The molecule has 6 heteroatoms. The molecule has 2 N–H and O–H groups in total. The minimum Gasteiger partial charge on any atom is -0.358 e. The van der Waals surface area contributed by atoms with Gasteiger partial charge in [0.2, 0.25) is 5.91 Å². The maximum absolute atomic E-state index is 12.5. The standard InChI is InChI=1S/C23H22ClN3O2/c1-23(2,22(29)25-3)17-10-12-18(13-11-17)27-21(28)16-8-6-15(7-9-16)20-19(24)5-4-14-26-20/h4-14H,1-3H3,(H,25,29)(H,27,28). The molecule has 0 atom stereocenters. The van der Waals surface area contributed by atoms with Crippen LogP contribution in [0.15, 0.2) is 66.9 Å². The monoisotopic (exact) mass is 407 g/mol. The zero-order valence-electron chi connectivity index (χ0n) is 16.5. The normalized spacial score (nSPS) is 11.0. The fraction of sp³-hybridized carbons (Fsp3) is 0.174. The molecule has 1 heterocycles. The zero-order valence-corrected chi connectivity index (χ0v) is 17.2. The van der Waals surface area contributed by atoms with E-state index in [0.717, 1.165) is 11.1 Å². The van der Waals surface area contributed by atoms with Crippen molar-refractivity contribution in [3.05, 3.63) is 83.0 Å². The van der Waals surface area contributed by atoms with Gasteiger partial charge in [-0.25, -0.2) is 0 Å². The van der Waals surface area contributed by atoms with Crippen molar-refractivity contribution in [1.82, 2.24) is 10.3 Å². The van der Waals surface area contributed by atoms with Gasteiger partial charge in [-0.05, 0) is 55.8 Å². The van der Waals surface area contributed by atoms with Crippen LogP contribution < -0.4 is 10.6 Å². The summed E-state index contributed by atoms with van der Waals surface area (Å²) in [6.45, 7) is 3.71. The molecule has 0 aliphatic carbocycles. The highest BCUT2D eigenvalue weighted by atomic mass is 35.5. The molecule has 3 aromatic rings. The second kappa shape index (κ2) is 8.45. The number of benzene rings is 2. The summed E-state index contributed by atoms with van der Waals surface area (Å²) < 4.78 is 0. The van der Waals surface area contributed by atoms with Crippen molar-refractivity contribution in [1.29, 1.82) is 0 Å². The summed E-state index contributed by atoms with van der Waals surface area (Å²) in [6, 6.07) is 17.9. The minimum atomic E-state index is -0.653. The van der Waals surface area contributed by atoms with E-state index in [4.69, 9.17) is 11.6 Å². The van der Waals surface area contributed by atoms with Crippen molar-refractivity contribution < 1.29 is 9.59 Å². The molecular formula is C23H22ClN3O2. The van der Waals surface area contributed by atoms with E-state index < -0.39 is 5.41 Å². The molecule has 29 heavy (non-hydrogen) atoms. The molecule has 5 nitrogen and oxygen atoms in total. The number of amides is 2. The second-order valence-electron chi connectivity index (χ2n) is 7.15. The van der Waals surface area contributed by atoms with Crippen molar-refractivity contribution in [2.75, 3.05) is 12.4 Å². The number of nitrogens with zero attached hydrogens (tertiary/aromatic N) is 1. The first-order valence-corrected chi connectivity index (χ1v) is 9.56. The fourth-order valence-electron chi connectivity index (χ4n) is 2.99. The summed E-state index contributed by atoms with van der Waals surface area (Å²) in [5, 5.41) is 6.10. The van der Waals surface area contributed by atoms with Gasteiger partial charge in [0.1, 0.15) is 0 Å². The van der Waals surface area contributed by atoms with Crippen LogP contribution in [0.1, 0.15) is 29.8 Å². The van der Waals surface area contributed by atoms with Crippen LogP contribution in [0.25, 0.3) is 11.3 Å². The van der Waals surface area contributed by atoms with Gasteiger partial charge in [0.05, 0.1) is 16.1 Å². The van der Waals surface area contributed by atoms with Crippen LogP contribution >= 0.6 is 11.6 Å². The van der Waals surface area contributed by atoms with Gasteiger partial charge < -0.3 is 10.6 Å². The molecule has 2 amide bonds. The molecule has 2 aromatic carbocycles. The number of halogens is 1. The summed E-state index contributed by atoms with van der Waals surface area (Å²) in [4.78, 5) is 28.9. The molecule has 0 saturated carbocycles. The molecule has 0 aliphatic heterocycles. The Balaban J connectivity index is 1.72. The quantitative estimate of drug-likeness (QED) is 0.645. The van der Waals surface area contributed by atoms with E-state index in [-0.39, 0.29) is 11.8 Å². The van der Waals surface area contributed by atoms with Crippen LogP contribution in [0.2, 0.25) is 5.02 Å². The number of aromatic nitrogens is 1. The Morgan fingerprint density at radius 1 is 0.966 bits per heavy atom. The predicted octanol–water partition coefficient (Wildman–Crippen LogP) is 4.68. The van der Waals surface area contributed by atoms with Gasteiger partial charge in [-0.15, -0.1) is 0 Å². The Bertz CT molecular complexity index is 1030. The van der Waals surface area contributed by atoms with E-state index in [9.17, 15) is 9.59 Å². The summed E-state index contributed by atoms with van der Waals surface area (Å²) in [5.74, 6) is -0.288. The third-order valence-electron chi connectivity index (χ3n) is 4.84. The van der Waals surface area contributed by atoms with Gasteiger partial charge in [0, 0.05) is 30.1 Å². The number of carbonyl (C=O) groups excluding carboxylic acids is 2. The Hall–Kier alpha value is -3.18. The maximum Gasteiger partial charge on any atom is 0.255 e.